The van der Waals surface area contributed by atoms with Crippen LogP contribution in [0.2, 0.25) is 0 Å². The zero-order valence-corrected chi connectivity index (χ0v) is 19.9. The van der Waals surface area contributed by atoms with Gasteiger partial charge in [0.05, 0.1) is 0 Å². The first-order valence-corrected chi connectivity index (χ1v) is 12.4. The van der Waals surface area contributed by atoms with E-state index in [0.29, 0.717) is 12.2 Å². The van der Waals surface area contributed by atoms with Gasteiger partial charge >= 0.3 is 12.1 Å². The maximum atomic E-state index is 12.7. The number of alkyl carbamates (subject to hydrolysis) is 1. The molecule has 0 radical (unpaired) electrons. The summed E-state index contributed by atoms with van der Waals surface area (Å²) < 4.78 is 5.54. The average molecular weight is 471 g/mol. The Morgan fingerprint density at radius 1 is 1.00 bits per heavy atom. The van der Waals surface area contributed by atoms with Crippen molar-refractivity contribution in [2.45, 2.75) is 38.3 Å². The summed E-state index contributed by atoms with van der Waals surface area (Å²) in [6.07, 6.45) is 1.47. The number of aliphatic carboxylic acids is 1. The number of hydrogen-bond acceptors (Lipinski definition) is 5. The highest BCUT2D eigenvalue weighted by molar-refractivity contribution is 7.98. The Balaban J connectivity index is 1.64. The van der Waals surface area contributed by atoms with E-state index in [1.54, 1.807) is 13.8 Å². The van der Waals surface area contributed by atoms with E-state index in [1.165, 1.54) is 11.8 Å². The second-order valence-corrected chi connectivity index (χ2v) is 9.36. The second-order valence-electron chi connectivity index (χ2n) is 8.37. The number of nitrogens with one attached hydrogen (secondary N) is 2. The van der Waals surface area contributed by atoms with Crippen LogP contribution in [0.15, 0.2) is 48.5 Å². The molecule has 2 aromatic carbocycles. The Bertz CT molecular complexity index is 964. The predicted octanol–water partition coefficient (Wildman–Crippen LogP) is 3.87. The fourth-order valence-corrected chi connectivity index (χ4v) is 4.53. The molecular weight excluding hydrogens is 440 g/mol. The lowest BCUT2D eigenvalue weighted by Gasteiger charge is -2.24. The van der Waals surface area contributed by atoms with E-state index in [9.17, 15) is 19.5 Å². The molecule has 0 bridgehead atoms. The highest BCUT2D eigenvalue weighted by Gasteiger charge is 2.31. The minimum absolute atomic E-state index is 0.0857. The minimum atomic E-state index is -1.10. The molecule has 0 saturated heterocycles. The number of carboxylic acid groups (broad SMARTS) is 1. The molecule has 33 heavy (non-hydrogen) atoms. The number of rotatable bonds is 10. The van der Waals surface area contributed by atoms with Crippen LogP contribution in [0.1, 0.15) is 37.3 Å². The Morgan fingerprint density at radius 2 is 1.58 bits per heavy atom. The van der Waals surface area contributed by atoms with Crippen molar-refractivity contribution in [3.05, 3.63) is 59.7 Å². The fraction of sp³-hybridized carbons (Fsp3) is 0.400. The monoisotopic (exact) mass is 470 g/mol. The van der Waals surface area contributed by atoms with Crippen molar-refractivity contribution in [1.82, 2.24) is 10.6 Å². The summed E-state index contributed by atoms with van der Waals surface area (Å²) in [6.45, 7) is 3.70. The molecule has 3 N–H and O–H groups in total. The molecule has 0 unspecified atom stereocenters. The number of benzene rings is 2. The summed E-state index contributed by atoms with van der Waals surface area (Å²) in [4.78, 5) is 36.8. The summed E-state index contributed by atoms with van der Waals surface area (Å²) in [5.41, 5.74) is 4.46. The number of hydrogen-bond donors (Lipinski definition) is 3. The van der Waals surface area contributed by atoms with Crippen molar-refractivity contribution < 1.29 is 24.2 Å². The van der Waals surface area contributed by atoms with Gasteiger partial charge in [0.1, 0.15) is 18.7 Å². The summed E-state index contributed by atoms with van der Waals surface area (Å²) in [5.74, 6) is -1.37. The molecule has 0 spiro atoms. The van der Waals surface area contributed by atoms with Crippen LogP contribution in [0.25, 0.3) is 11.1 Å². The summed E-state index contributed by atoms with van der Waals surface area (Å²) in [6, 6.07) is 14.2. The van der Waals surface area contributed by atoms with Crippen LogP contribution in [-0.2, 0) is 14.3 Å². The Hall–Kier alpha value is -3.00. The normalized spacial score (nSPS) is 14.2. The zero-order valence-electron chi connectivity index (χ0n) is 19.0. The quantitative estimate of drug-likeness (QED) is 0.487. The molecule has 0 heterocycles. The molecule has 0 fully saturated rings. The lowest BCUT2D eigenvalue weighted by molar-refractivity contribution is -0.142. The van der Waals surface area contributed by atoms with E-state index >= 15 is 0 Å². The van der Waals surface area contributed by atoms with E-state index in [0.717, 1.165) is 22.3 Å². The van der Waals surface area contributed by atoms with Gasteiger partial charge in [0, 0.05) is 5.92 Å². The van der Waals surface area contributed by atoms with Gasteiger partial charge in [-0.25, -0.2) is 9.59 Å². The van der Waals surface area contributed by atoms with Gasteiger partial charge in [-0.15, -0.1) is 0 Å². The maximum absolute atomic E-state index is 12.7. The number of thioether (sulfide) groups is 1. The molecule has 3 rings (SSSR count). The molecule has 2 atom stereocenters. The molecule has 8 heteroatoms. The Labute approximate surface area is 198 Å². The van der Waals surface area contributed by atoms with Crippen LogP contribution in [0.5, 0.6) is 0 Å². The van der Waals surface area contributed by atoms with E-state index < -0.39 is 30.1 Å². The first-order chi connectivity index (χ1) is 15.8. The third kappa shape index (κ3) is 5.87. The van der Waals surface area contributed by atoms with Crippen LogP contribution in [-0.4, -0.2) is 53.8 Å². The van der Waals surface area contributed by atoms with Gasteiger partial charge in [0.15, 0.2) is 0 Å². The van der Waals surface area contributed by atoms with Crippen molar-refractivity contribution in [2.24, 2.45) is 5.92 Å². The molecule has 176 valence electrons. The van der Waals surface area contributed by atoms with Gasteiger partial charge in [-0.3, -0.25) is 4.79 Å². The van der Waals surface area contributed by atoms with Crippen LogP contribution in [0.3, 0.4) is 0 Å². The summed E-state index contributed by atoms with van der Waals surface area (Å²) in [5, 5.41) is 14.5. The molecule has 0 aromatic heterocycles. The van der Waals surface area contributed by atoms with Gasteiger partial charge in [0.2, 0.25) is 5.91 Å². The molecule has 7 nitrogen and oxygen atoms in total. The molecule has 2 aromatic rings. The largest absolute Gasteiger partial charge is 0.480 e. The van der Waals surface area contributed by atoms with Crippen LogP contribution < -0.4 is 10.6 Å². The van der Waals surface area contributed by atoms with Crippen molar-refractivity contribution in [2.75, 3.05) is 18.6 Å². The second kappa shape index (κ2) is 11.2. The van der Waals surface area contributed by atoms with Crippen molar-refractivity contribution >= 4 is 29.7 Å². The van der Waals surface area contributed by atoms with Crippen molar-refractivity contribution in [3.63, 3.8) is 0 Å². The van der Waals surface area contributed by atoms with Crippen LogP contribution >= 0.6 is 11.8 Å². The molecule has 2 amide bonds. The Morgan fingerprint density at radius 3 is 2.09 bits per heavy atom. The van der Waals surface area contributed by atoms with Gasteiger partial charge < -0.3 is 20.5 Å². The average Bonchev–Trinajstić information content (AvgIpc) is 3.12. The Kier molecular flexibility index (Phi) is 8.38. The summed E-state index contributed by atoms with van der Waals surface area (Å²) >= 11 is 1.50. The molecule has 1 aliphatic rings. The maximum Gasteiger partial charge on any atom is 0.407 e. The van der Waals surface area contributed by atoms with Crippen molar-refractivity contribution in [1.29, 1.82) is 0 Å². The van der Waals surface area contributed by atoms with Gasteiger partial charge in [-0.1, -0.05) is 62.4 Å². The van der Waals surface area contributed by atoms with Gasteiger partial charge in [-0.2, -0.15) is 11.8 Å². The minimum Gasteiger partial charge on any atom is -0.480 e. The highest BCUT2D eigenvalue weighted by Crippen LogP contribution is 2.44. The topological polar surface area (TPSA) is 105 Å². The number of carbonyl (C=O) groups excluding carboxylic acids is 2. The zero-order chi connectivity index (χ0) is 24.0. The number of carboxylic acids is 1. The molecule has 1 aliphatic carbocycles. The van der Waals surface area contributed by atoms with Crippen molar-refractivity contribution in [3.8, 4) is 11.1 Å². The first kappa shape index (κ1) is 24.6. The third-order valence-electron chi connectivity index (χ3n) is 5.79. The number of fused-ring (bicyclic) bond motifs is 3. The van der Waals surface area contributed by atoms with Gasteiger partial charge in [0.25, 0.3) is 0 Å². The standard InChI is InChI=1S/C25H30N2O5S/c1-15(2)22(23(28)26-21(24(29)30)12-13-33-3)27-25(31)32-14-20-18-10-6-4-8-16(18)17-9-5-7-11-19(17)20/h4-11,15,20-22H,12-14H2,1-3H3,(H,26,28)(H,27,31)(H,29,30)/t21-,22-/m0/s1. The third-order valence-corrected chi connectivity index (χ3v) is 6.44. The molecule has 0 saturated carbocycles. The van der Waals surface area contributed by atoms with E-state index in [-0.39, 0.29) is 18.4 Å². The number of carbonyl (C=O) groups is 3. The van der Waals surface area contributed by atoms with Gasteiger partial charge in [-0.05, 0) is 46.6 Å². The summed E-state index contributed by atoms with van der Waals surface area (Å²) in [7, 11) is 0. The lowest BCUT2D eigenvalue weighted by Crippen LogP contribution is -2.54. The van der Waals surface area contributed by atoms with E-state index in [4.69, 9.17) is 4.74 Å². The van der Waals surface area contributed by atoms with E-state index in [2.05, 4.69) is 22.8 Å². The highest BCUT2D eigenvalue weighted by atomic mass is 32.2. The van der Waals surface area contributed by atoms with E-state index in [1.807, 2.05) is 42.7 Å². The number of amides is 2. The smallest absolute Gasteiger partial charge is 0.407 e. The predicted molar refractivity (Wildman–Crippen MR) is 129 cm³/mol. The van der Waals surface area contributed by atoms with Crippen LogP contribution in [0.4, 0.5) is 4.79 Å². The fourth-order valence-electron chi connectivity index (χ4n) is 4.06. The first-order valence-electron chi connectivity index (χ1n) is 11.0. The lowest BCUT2D eigenvalue weighted by atomic mass is 9.98. The number of ether oxygens (including phenoxy) is 1. The molecule has 0 aliphatic heterocycles. The van der Waals surface area contributed by atoms with Crippen LogP contribution in [0, 0.1) is 5.92 Å². The molecular formula is C25H30N2O5S. The SMILES string of the molecule is CSCC[C@H](NC(=O)[C@@H](NC(=O)OCC1c2ccccc2-c2ccccc21)C(C)C)C(=O)O.